The van der Waals surface area contributed by atoms with Crippen LogP contribution in [0.2, 0.25) is 0 Å². The van der Waals surface area contributed by atoms with Gasteiger partial charge in [-0.1, -0.05) is 12.1 Å². The molecule has 0 atom stereocenters. The zero-order valence-electron chi connectivity index (χ0n) is 22.7. The maximum Gasteiger partial charge on any atom is 0.331 e. The van der Waals surface area contributed by atoms with E-state index in [1.807, 2.05) is 54.3 Å². The van der Waals surface area contributed by atoms with E-state index in [9.17, 15) is 14.4 Å². The van der Waals surface area contributed by atoms with Crippen LogP contribution in [-0.2, 0) is 16.1 Å². The molecule has 3 aliphatic heterocycles. The summed E-state index contributed by atoms with van der Waals surface area (Å²) in [7, 11) is 1.60. The third kappa shape index (κ3) is 6.47. The lowest BCUT2D eigenvalue weighted by atomic mass is 9.97. The molecular weight excluding hydrogens is 518 g/mol. The molecule has 0 bridgehead atoms. The lowest BCUT2D eigenvalue weighted by Gasteiger charge is -2.38. The van der Waals surface area contributed by atoms with Crippen molar-refractivity contribution in [3.05, 3.63) is 53.6 Å². The van der Waals surface area contributed by atoms with Crippen LogP contribution in [0.25, 0.3) is 0 Å². The number of aryl methyl sites for hydroxylation is 1. The largest absolute Gasteiger partial charge is 0.497 e. The van der Waals surface area contributed by atoms with Crippen molar-refractivity contribution in [1.82, 2.24) is 15.1 Å². The van der Waals surface area contributed by atoms with Crippen LogP contribution in [0.15, 0.2) is 42.5 Å². The second-order valence-corrected chi connectivity index (χ2v) is 10.4. The number of hydrogen-bond acceptors (Lipinski definition) is 6. The fourth-order valence-electron chi connectivity index (χ4n) is 5.62. The number of benzene rings is 2. The smallest absolute Gasteiger partial charge is 0.331 e. The van der Waals surface area contributed by atoms with Crippen LogP contribution in [0, 0.1) is 12.8 Å². The van der Waals surface area contributed by atoms with Gasteiger partial charge in [0.15, 0.2) is 0 Å². The van der Waals surface area contributed by atoms with Gasteiger partial charge in [-0.3, -0.25) is 19.4 Å². The molecule has 9 nitrogen and oxygen atoms in total. The van der Waals surface area contributed by atoms with Crippen molar-refractivity contribution in [1.29, 1.82) is 0 Å². The quantitative estimate of drug-likeness (QED) is 0.563. The van der Waals surface area contributed by atoms with E-state index in [2.05, 4.69) is 10.2 Å². The molecule has 0 radical (unpaired) electrons. The molecule has 0 unspecified atom stereocenters. The molecule has 3 fully saturated rings. The highest BCUT2D eigenvalue weighted by Gasteiger charge is 2.34. The molecule has 3 aliphatic rings. The van der Waals surface area contributed by atoms with Gasteiger partial charge in [0, 0.05) is 44.0 Å². The van der Waals surface area contributed by atoms with Gasteiger partial charge in [0.25, 0.3) is 0 Å². The lowest BCUT2D eigenvalue weighted by Crippen LogP contribution is -2.52. The van der Waals surface area contributed by atoms with E-state index in [1.165, 1.54) is 4.90 Å². The Bertz CT molecular complexity index is 1180. The fraction of sp³-hybridized carbons (Fsp3) is 0.483. The number of methoxy groups -OCH3 is 1. The Morgan fingerprint density at radius 2 is 1.69 bits per heavy atom. The fourth-order valence-corrected chi connectivity index (χ4v) is 5.62. The number of anilines is 2. The van der Waals surface area contributed by atoms with Gasteiger partial charge in [-0.2, -0.15) is 0 Å². The van der Waals surface area contributed by atoms with Gasteiger partial charge in [-0.25, -0.2) is 4.79 Å². The minimum Gasteiger partial charge on any atom is -0.497 e. The number of amides is 4. The first kappa shape index (κ1) is 28.7. The zero-order chi connectivity index (χ0) is 26.6. The van der Waals surface area contributed by atoms with Crippen molar-refractivity contribution in [3.63, 3.8) is 0 Å². The van der Waals surface area contributed by atoms with Crippen molar-refractivity contribution in [2.75, 3.05) is 62.7 Å². The van der Waals surface area contributed by atoms with Crippen LogP contribution in [0.1, 0.15) is 30.4 Å². The number of piperidine rings is 1. The Kier molecular flexibility index (Phi) is 9.35. The van der Waals surface area contributed by atoms with E-state index in [1.54, 1.807) is 12.0 Å². The van der Waals surface area contributed by atoms with Crippen molar-refractivity contribution in [2.45, 2.75) is 32.7 Å². The lowest BCUT2D eigenvalue weighted by molar-refractivity contribution is -0.132. The van der Waals surface area contributed by atoms with Crippen LogP contribution in [0.4, 0.5) is 16.2 Å². The molecule has 210 valence electrons. The monoisotopic (exact) mass is 555 g/mol. The number of nitrogens with zero attached hydrogens (tertiary/aromatic N) is 4. The molecule has 2 aromatic carbocycles. The summed E-state index contributed by atoms with van der Waals surface area (Å²) in [6.45, 7) is 7.38. The highest BCUT2D eigenvalue weighted by Crippen LogP contribution is 2.30. The van der Waals surface area contributed by atoms with Crippen LogP contribution in [0.3, 0.4) is 0 Å². The van der Waals surface area contributed by atoms with E-state index in [0.29, 0.717) is 19.0 Å². The minimum atomic E-state index is -0.311. The van der Waals surface area contributed by atoms with E-state index in [4.69, 9.17) is 4.74 Å². The van der Waals surface area contributed by atoms with Crippen molar-refractivity contribution in [2.24, 2.45) is 5.92 Å². The molecule has 39 heavy (non-hydrogen) atoms. The Balaban J connectivity index is 0.00000353. The van der Waals surface area contributed by atoms with Gasteiger partial charge in [0.2, 0.25) is 11.8 Å². The number of rotatable bonds is 7. The molecule has 1 N–H and O–H groups in total. The molecular formula is C29H38ClN5O4. The minimum absolute atomic E-state index is 0. The summed E-state index contributed by atoms with van der Waals surface area (Å²) in [6.07, 6.45) is 2.54. The summed E-state index contributed by atoms with van der Waals surface area (Å²) in [5.74, 6) is 1.33. The number of carbonyl (C=O) groups excluding carboxylic acids is 3. The van der Waals surface area contributed by atoms with Crippen LogP contribution < -0.4 is 19.9 Å². The first-order valence-corrected chi connectivity index (χ1v) is 13.5. The number of hydrogen-bond donors (Lipinski definition) is 1. The molecule has 5 rings (SSSR count). The Labute approximate surface area is 236 Å². The van der Waals surface area contributed by atoms with Gasteiger partial charge >= 0.3 is 6.03 Å². The summed E-state index contributed by atoms with van der Waals surface area (Å²) in [4.78, 5) is 46.1. The van der Waals surface area contributed by atoms with E-state index in [-0.39, 0.29) is 43.2 Å². The van der Waals surface area contributed by atoms with Crippen molar-refractivity contribution in [3.8, 4) is 5.75 Å². The van der Waals surface area contributed by atoms with Gasteiger partial charge in [0.05, 0.1) is 20.2 Å². The standard InChI is InChI=1S/C29H37N5O4.ClH/c1-21-17-24(31-15-16-32(28(36)20-31)18-23-9-12-30-13-10-23)5-8-26(21)33-14-11-27(35)34(29(33)37)19-22-3-6-25(38-2)7-4-22;/h3-8,17,23,30H,9-16,18-20H2,1-2H3;1H. The second-order valence-electron chi connectivity index (χ2n) is 10.4. The number of nitrogens with one attached hydrogen (secondary N) is 1. The zero-order valence-corrected chi connectivity index (χ0v) is 23.5. The molecule has 3 heterocycles. The van der Waals surface area contributed by atoms with Gasteiger partial charge in [-0.05, 0) is 80.2 Å². The molecule has 0 saturated carbocycles. The molecule has 4 amide bonds. The molecule has 2 aromatic rings. The second kappa shape index (κ2) is 12.7. The Morgan fingerprint density at radius 1 is 0.949 bits per heavy atom. The summed E-state index contributed by atoms with van der Waals surface area (Å²) >= 11 is 0. The summed E-state index contributed by atoms with van der Waals surface area (Å²) < 4.78 is 5.20. The summed E-state index contributed by atoms with van der Waals surface area (Å²) in [5.41, 5.74) is 3.59. The molecule has 0 spiro atoms. The van der Waals surface area contributed by atoms with Crippen molar-refractivity contribution >= 4 is 41.6 Å². The van der Waals surface area contributed by atoms with Gasteiger partial charge in [-0.15, -0.1) is 12.4 Å². The highest BCUT2D eigenvalue weighted by molar-refractivity contribution is 6.06. The number of urea groups is 1. The van der Waals surface area contributed by atoms with Crippen LogP contribution in [0.5, 0.6) is 5.75 Å². The number of imide groups is 1. The average molecular weight is 556 g/mol. The predicted molar refractivity (Wildman–Crippen MR) is 154 cm³/mol. The molecule has 0 aliphatic carbocycles. The Hall–Kier alpha value is -3.30. The van der Waals surface area contributed by atoms with Gasteiger partial charge in [0.1, 0.15) is 5.75 Å². The normalized spacial score (nSPS) is 18.9. The van der Waals surface area contributed by atoms with Gasteiger partial charge < -0.3 is 19.9 Å². The highest BCUT2D eigenvalue weighted by atomic mass is 35.5. The summed E-state index contributed by atoms with van der Waals surface area (Å²) in [5, 5.41) is 3.39. The molecule has 3 saturated heterocycles. The van der Waals surface area contributed by atoms with Crippen LogP contribution >= 0.6 is 12.4 Å². The Morgan fingerprint density at radius 3 is 2.36 bits per heavy atom. The first-order valence-electron chi connectivity index (χ1n) is 13.5. The number of piperazine rings is 1. The third-order valence-electron chi connectivity index (χ3n) is 7.90. The summed E-state index contributed by atoms with van der Waals surface area (Å²) in [6, 6.07) is 13.0. The number of halogens is 1. The average Bonchev–Trinajstić information content (AvgIpc) is 2.93. The van der Waals surface area contributed by atoms with Crippen molar-refractivity contribution < 1.29 is 19.1 Å². The number of carbonyl (C=O) groups is 3. The topological polar surface area (TPSA) is 85.4 Å². The first-order chi connectivity index (χ1) is 18.4. The maximum absolute atomic E-state index is 13.4. The third-order valence-corrected chi connectivity index (χ3v) is 7.90. The molecule has 10 heteroatoms. The molecule has 0 aromatic heterocycles. The number of ether oxygens (including phenoxy) is 1. The SMILES string of the molecule is COc1ccc(CN2C(=O)CCN(c3ccc(N4CCN(CC5CCNCC5)C(=O)C4)cc3C)C2=O)cc1.Cl. The predicted octanol–water partition coefficient (Wildman–Crippen LogP) is 3.43. The van der Waals surface area contributed by atoms with Crippen LogP contribution in [-0.4, -0.2) is 80.6 Å². The van der Waals surface area contributed by atoms with E-state index in [0.717, 1.165) is 73.8 Å². The maximum atomic E-state index is 13.4. The van der Waals surface area contributed by atoms with E-state index >= 15 is 0 Å². The van der Waals surface area contributed by atoms with E-state index < -0.39 is 0 Å².